The summed E-state index contributed by atoms with van der Waals surface area (Å²) in [6, 6.07) is 4.32. The van der Waals surface area contributed by atoms with Gasteiger partial charge in [0.2, 0.25) is 0 Å². The van der Waals surface area contributed by atoms with E-state index in [2.05, 4.69) is 10.3 Å². The monoisotopic (exact) mass is 390 g/mol. The number of halogens is 1. The summed E-state index contributed by atoms with van der Waals surface area (Å²) in [6.07, 6.45) is 6.02. The van der Waals surface area contributed by atoms with Crippen LogP contribution in [0, 0.1) is 11.7 Å². The summed E-state index contributed by atoms with van der Waals surface area (Å²) in [5, 5.41) is 12.9. The van der Waals surface area contributed by atoms with E-state index in [1.54, 1.807) is 6.07 Å². The van der Waals surface area contributed by atoms with Gasteiger partial charge in [0.1, 0.15) is 11.5 Å². The van der Waals surface area contributed by atoms with Gasteiger partial charge in [-0.15, -0.1) is 0 Å². The molecule has 1 aliphatic carbocycles. The highest BCUT2D eigenvalue weighted by molar-refractivity contribution is 6.01. The van der Waals surface area contributed by atoms with E-state index < -0.39 is 0 Å². The van der Waals surface area contributed by atoms with E-state index in [0.29, 0.717) is 25.2 Å². The lowest BCUT2D eigenvalue weighted by Crippen LogP contribution is -2.40. The Balaban J connectivity index is 1.80. The largest absolute Gasteiger partial charge is 0.396 e. The maximum Gasteiger partial charge on any atom is 0.268 e. The zero-order valence-corrected chi connectivity index (χ0v) is 16.2. The van der Waals surface area contributed by atoms with Gasteiger partial charge < -0.3 is 26.9 Å². The van der Waals surface area contributed by atoms with Crippen molar-refractivity contribution in [2.75, 3.05) is 19.7 Å². The van der Waals surface area contributed by atoms with Crippen molar-refractivity contribution in [1.29, 1.82) is 0 Å². The molecule has 7 N–H and O–H groups in total. The number of nitrogens with one attached hydrogen (secondary N) is 2. The molecule has 0 saturated heterocycles. The number of fused-ring (bicyclic) bond motifs is 1. The van der Waals surface area contributed by atoms with E-state index in [9.17, 15) is 14.3 Å². The van der Waals surface area contributed by atoms with Crippen molar-refractivity contribution in [3.8, 4) is 0 Å². The van der Waals surface area contributed by atoms with E-state index in [-0.39, 0.29) is 36.2 Å². The second kappa shape index (κ2) is 9.49. The maximum absolute atomic E-state index is 13.9. The standard InChI is InChI=1S/C21H31FN4O2/c22-15-6-7-18-17(9-15)19(14-4-2-1-3-5-14)20(26-18)21(28)25-11-16(24)8-13(10-23)12-27/h6-7,9,13-14,16,26-27H,1-5,8,10-12,23-24H2,(H,25,28). The Morgan fingerprint density at radius 1 is 1.32 bits per heavy atom. The second-order valence-electron chi connectivity index (χ2n) is 7.93. The van der Waals surface area contributed by atoms with Gasteiger partial charge >= 0.3 is 0 Å². The number of aromatic amines is 1. The first kappa shape index (κ1) is 20.8. The molecule has 0 bridgehead atoms. The lowest BCUT2D eigenvalue weighted by atomic mass is 9.82. The Labute approximate surface area is 164 Å². The summed E-state index contributed by atoms with van der Waals surface area (Å²) >= 11 is 0. The predicted octanol–water partition coefficient (Wildman–Crippen LogP) is 2.37. The topological polar surface area (TPSA) is 117 Å². The first-order valence-electron chi connectivity index (χ1n) is 10.2. The van der Waals surface area contributed by atoms with Crippen LogP contribution in [0.15, 0.2) is 18.2 Å². The van der Waals surface area contributed by atoms with Crippen LogP contribution in [0.1, 0.15) is 60.5 Å². The second-order valence-corrected chi connectivity index (χ2v) is 7.93. The van der Waals surface area contributed by atoms with Gasteiger partial charge in [-0.2, -0.15) is 0 Å². The number of aliphatic hydroxyl groups is 1. The van der Waals surface area contributed by atoms with Gasteiger partial charge in [0.15, 0.2) is 0 Å². The molecule has 2 unspecified atom stereocenters. The van der Waals surface area contributed by atoms with Crippen molar-refractivity contribution in [3.63, 3.8) is 0 Å². The summed E-state index contributed by atoms with van der Waals surface area (Å²) in [6.45, 7) is 0.637. The first-order valence-corrected chi connectivity index (χ1v) is 10.2. The molecule has 1 aromatic heterocycles. The molecular formula is C21H31FN4O2. The third kappa shape index (κ3) is 4.71. The van der Waals surface area contributed by atoms with Gasteiger partial charge in [0.05, 0.1) is 0 Å². The minimum absolute atomic E-state index is 0.0163. The van der Waals surface area contributed by atoms with Gasteiger partial charge in [-0.25, -0.2) is 4.39 Å². The van der Waals surface area contributed by atoms with Crippen LogP contribution in [0.3, 0.4) is 0 Å². The number of aliphatic hydroxyl groups excluding tert-OH is 1. The third-order valence-electron chi connectivity index (χ3n) is 5.79. The van der Waals surface area contributed by atoms with Crippen LogP contribution in [-0.2, 0) is 0 Å². The Kier molecular flexibility index (Phi) is 7.04. The van der Waals surface area contributed by atoms with Crippen LogP contribution in [0.5, 0.6) is 0 Å². The molecule has 0 spiro atoms. The van der Waals surface area contributed by atoms with E-state index in [4.69, 9.17) is 11.5 Å². The average molecular weight is 391 g/mol. The van der Waals surface area contributed by atoms with Crippen molar-refractivity contribution in [2.45, 2.75) is 50.5 Å². The summed E-state index contributed by atoms with van der Waals surface area (Å²) in [5.41, 5.74) is 13.9. The lowest BCUT2D eigenvalue weighted by Gasteiger charge is -2.23. The first-order chi connectivity index (χ1) is 13.5. The molecule has 2 aromatic rings. The number of nitrogens with two attached hydrogens (primary N) is 2. The highest BCUT2D eigenvalue weighted by Gasteiger charge is 2.26. The molecule has 6 nitrogen and oxygen atoms in total. The third-order valence-corrected chi connectivity index (χ3v) is 5.79. The summed E-state index contributed by atoms with van der Waals surface area (Å²) in [4.78, 5) is 16.1. The SMILES string of the molecule is NCC(CO)CC(N)CNC(=O)c1[nH]c2ccc(F)cc2c1C1CCCCC1. The summed E-state index contributed by atoms with van der Waals surface area (Å²) in [7, 11) is 0. The Morgan fingerprint density at radius 3 is 2.75 bits per heavy atom. The van der Waals surface area contributed by atoms with E-state index in [1.165, 1.54) is 18.6 Å². The van der Waals surface area contributed by atoms with E-state index >= 15 is 0 Å². The number of benzene rings is 1. The van der Waals surface area contributed by atoms with Crippen LogP contribution < -0.4 is 16.8 Å². The number of rotatable bonds is 8. The molecule has 0 aliphatic heterocycles. The van der Waals surface area contributed by atoms with E-state index in [1.807, 2.05) is 0 Å². The van der Waals surface area contributed by atoms with Gasteiger partial charge in [0.25, 0.3) is 5.91 Å². The minimum atomic E-state index is -0.297. The highest BCUT2D eigenvalue weighted by Crippen LogP contribution is 2.38. The summed E-state index contributed by atoms with van der Waals surface area (Å²) in [5.74, 6) is -0.328. The molecule has 2 atom stereocenters. The van der Waals surface area contributed by atoms with Crippen molar-refractivity contribution in [2.24, 2.45) is 17.4 Å². The molecular weight excluding hydrogens is 359 g/mol. The fraction of sp³-hybridized carbons (Fsp3) is 0.571. The molecule has 1 aliphatic rings. The average Bonchev–Trinajstić information content (AvgIpc) is 3.09. The zero-order valence-electron chi connectivity index (χ0n) is 16.2. The molecule has 28 heavy (non-hydrogen) atoms. The zero-order chi connectivity index (χ0) is 20.1. The van der Waals surface area contributed by atoms with E-state index in [0.717, 1.165) is 42.1 Å². The molecule has 1 saturated carbocycles. The molecule has 1 heterocycles. The number of aromatic nitrogens is 1. The quantitative estimate of drug-likeness (QED) is 0.476. The number of carbonyl (C=O) groups is 1. The maximum atomic E-state index is 13.9. The Bertz CT molecular complexity index is 797. The molecule has 1 aromatic carbocycles. The van der Waals surface area contributed by atoms with Crippen molar-refractivity contribution >= 4 is 16.8 Å². The fourth-order valence-corrected chi connectivity index (χ4v) is 4.25. The Hall–Kier alpha value is -1.96. The molecule has 154 valence electrons. The number of hydrogen-bond acceptors (Lipinski definition) is 4. The van der Waals surface area contributed by atoms with Crippen molar-refractivity contribution < 1.29 is 14.3 Å². The Morgan fingerprint density at radius 2 is 2.07 bits per heavy atom. The molecule has 1 amide bonds. The van der Waals surface area contributed by atoms with Crippen LogP contribution in [0.25, 0.3) is 10.9 Å². The lowest BCUT2D eigenvalue weighted by molar-refractivity contribution is 0.0943. The van der Waals surface area contributed by atoms with Gasteiger partial charge in [-0.3, -0.25) is 4.79 Å². The minimum Gasteiger partial charge on any atom is -0.396 e. The van der Waals surface area contributed by atoms with Gasteiger partial charge in [0, 0.05) is 30.1 Å². The van der Waals surface area contributed by atoms with Crippen molar-refractivity contribution in [3.05, 3.63) is 35.3 Å². The van der Waals surface area contributed by atoms with Gasteiger partial charge in [-0.05, 0) is 61.4 Å². The molecule has 3 rings (SSSR count). The number of H-pyrrole nitrogens is 1. The number of amides is 1. The molecule has 0 radical (unpaired) electrons. The van der Waals surface area contributed by atoms with Crippen LogP contribution in [0.2, 0.25) is 0 Å². The van der Waals surface area contributed by atoms with Crippen LogP contribution in [0.4, 0.5) is 4.39 Å². The molecule has 7 heteroatoms. The normalized spacial score (nSPS) is 17.6. The highest BCUT2D eigenvalue weighted by atomic mass is 19.1. The molecule has 1 fully saturated rings. The summed E-state index contributed by atoms with van der Waals surface area (Å²) < 4.78 is 13.9. The predicted molar refractivity (Wildman–Crippen MR) is 109 cm³/mol. The van der Waals surface area contributed by atoms with Crippen LogP contribution in [-0.4, -0.2) is 41.7 Å². The van der Waals surface area contributed by atoms with Crippen molar-refractivity contribution in [1.82, 2.24) is 10.3 Å². The van der Waals surface area contributed by atoms with Gasteiger partial charge in [-0.1, -0.05) is 19.3 Å². The number of hydrogen-bond donors (Lipinski definition) is 5. The number of carbonyl (C=O) groups excluding carboxylic acids is 1. The van der Waals surface area contributed by atoms with Crippen LogP contribution >= 0.6 is 0 Å². The fourth-order valence-electron chi connectivity index (χ4n) is 4.25. The smallest absolute Gasteiger partial charge is 0.268 e.